The summed E-state index contributed by atoms with van der Waals surface area (Å²) < 4.78 is 30.4. The normalized spacial score (nSPS) is 11.0. The number of carbonyl (C=O) groups is 1. The van der Waals surface area contributed by atoms with Gasteiger partial charge in [-0.15, -0.1) is 0 Å². The molecule has 0 atom stereocenters. The molecule has 0 spiro atoms. The lowest BCUT2D eigenvalue weighted by Gasteiger charge is -2.04. The van der Waals surface area contributed by atoms with Crippen LogP contribution in [0.5, 0.6) is 0 Å². The highest BCUT2D eigenvalue weighted by atomic mass is 32.2. The number of carboxylic acids is 1. The second-order valence-electron chi connectivity index (χ2n) is 2.54. The lowest BCUT2D eigenvalue weighted by molar-refractivity contribution is 0.0693. The second-order valence-corrected chi connectivity index (χ2v) is 3.93. The van der Waals surface area contributed by atoms with E-state index in [0.29, 0.717) is 0 Å². The Labute approximate surface area is 84.6 Å². The van der Waals surface area contributed by atoms with Crippen LogP contribution >= 0.6 is 0 Å². The van der Waals surface area contributed by atoms with E-state index in [2.05, 4.69) is 5.11 Å². The van der Waals surface area contributed by atoms with Crippen molar-refractivity contribution in [3.63, 3.8) is 0 Å². The van der Waals surface area contributed by atoms with Gasteiger partial charge in [0, 0.05) is 0 Å². The van der Waals surface area contributed by atoms with E-state index in [0.717, 1.165) is 12.1 Å². The third-order valence-electron chi connectivity index (χ3n) is 1.62. The third-order valence-corrected chi connectivity index (χ3v) is 2.51. The molecule has 0 radical (unpaired) electrons. The molecule has 1 aromatic carbocycles. The van der Waals surface area contributed by atoms with E-state index in [4.69, 9.17) is 15.2 Å². The lowest BCUT2D eigenvalue weighted by Crippen LogP contribution is -2.08. The van der Waals surface area contributed by atoms with E-state index >= 15 is 0 Å². The Kier molecular flexibility index (Phi) is 2.82. The first-order chi connectivity index (χ1) is 6.88. The molecule has 0 heterocycles. The van der Waals surface area contributed by atoms with Crippen LogP contribution in [0.15, 0.2) is 28.2 Å². The highest BCUT2D eigenvalue weighted by molar-refractivity contribution is 7.86. The van der Waals surface area contributed by atoms with Gasteiger partial charge < -0.3 is 5.11 Å². The minimum atomic E-state index is -4.64. The van der Waals surface area contributed by atoms with Crippen LogP contribution in [-0.4, -0.2) is 24.0 Å². The molecule has 0 amide bonds. The molecule has 0 aromatic heterocycles. The highest BCUT2D eigenvalue weighted by Gasteiger charge is 2.23. The summed E-state index contributed by atoms with van der Waals surface area (Å²) in [7, 11) is -4.64. The molecular weight excluding hydrogens is 224 g/mol. The summed E-state index contributed by atoms with van der Waals surface area (Å²) in [6.07, 6.45) is 0. The number of carboxylic acid groups (broad SMARTS) is 1. The van der Waals surface area contributed by atoms with Gasteiger partial charge in [-0.1, -0.05) is 6.07 Å². The van der Waals surface area contributed by atoms with E-state index in [1.54, 1.807) is 0 Å². The molecule has 0 bridgehead atoms. The largest absolute Gasteiger partial charge is 0.478 e. The van der Waals surface area contributed by atoms with Gasteiger partial charge in [0.25, 0.3) is 10.1 Å². The fraction of sp³-hybridized carbons (Fsp3) is 0. The van der Waals surface area contributed by atoms with E-state index in [-0.39, 0.29) is 5.69 Å². The van der Waals surface area contributed by atoms with Crippen molar-refractivity contribution < 1.29 is 22.9 Å². The van der Waals surface area contributed by atoms with Crippen LogP contribution in [0.3, 0.4) is 0 Å². The summed E-state index contributed by atoms with van der Waals surface area (Å²) in [5, 5.41) is 11.6. The Balaban J connectivity index is 3.68. The fourth-order valence-corrected chi connectivity index (χ4v) is 1.74. The van der Waals surface area contributed by atoms with Crippen LogP contribution in [0.25, 0.3) is 0 Å². The molecule has 80 valence electrons. The van der Waals surface area contributed by atoms with Crippen LogP contribution in [-0.2, 0) is 10.1 Å². The highest BCUT2D eigenvalue weighted by Crippen LogP contribution is 2.25. The van der Waals surface area contributed by atoms with Crippen LogP contribution in [0.1, 0.15) is 10.4 Å². The van der Waals surface area contributed by atoms with Crippen LogP contribution in [0.4, 0.5) is 5.69 Å². The molecule has 0 unspecified atom stereocenters. The third kappa shape index (κ3) is 2.17. The van der Waals surface area contributed by atoms with Crippen molar-refractivity contribution in [1.29, 1.82) is 5.53 Å². The SMILES string of the molecule is N=Nc1cccc(S(=O)(=O)O)c1C(=O)O. The predicted molar refractivity (Wildman–Crippen MR) is 48.0 cm³/mol. The van der Waals surface area contributed by atoms with Crippen molar-refractivity contribution in [2.75, 3.05) is 0 Å². The van der Waals surface area contributed by atoms with Gasteiger partial charge in [0.05, 0.1) is 0 Å². The maximum atomic E-state index is 10.8. The van der Waals surface area contributed by atoms with Crippen molar-refractivity contribution in [2.24, 2.45) is 5.11 Å². The molecule has 0 saturated carbocycles. The van der Waals surface area contributed by atoms with Crippen molar-refractivity contribution in [3.05, 3.63) is 23.8 Å². The van der Waals surface area contributed by atoms with Crippen LogP contribution in [0, 0.1) is 5.53 Å². The molecule has 3 N–H and O–H groups in total. The molecule has 0 fully saturated rings. The number of aromatic carboxylic acids is 1. The molecule has 1 aromatic rings. The summed E-state index contributed by atoms with van der Waals surface area (Å²) in [5.74, 6) is -1.57. The molecule has 8 heteroatoms. The number of nitrogens with one attached hydrogen (secondary N) is 1. The first kappa shape index (κ1) is 11.3. The average molecular weight is 230 g/mol. The van der Waals surface area contributed by atoms with Gasteiger partial charge in [0.1, 0.15) is 16.1 Å². The standard InChI is InChI=1S/C7H6N2O5S/c8-9-4-2-1-3-5(15(12,13)14)6(4)7(10)11/h1-3,8H,(H,10,11)(H,12,13,14). The maximum Gasteiger partial charge on any atom is 0.339 e. The first-order valence-corrected chi connectivity index (χ1v) is 5.03. The predicted octanol–water partition coefficient (Wildman–Crippen LogP) is 1.29. The molecule has 0 saturated heterocycles. The Hall–Kier alpha value is -1.80. The topological polar surface area (TPSA) is 128 Å². The van der Waals surface area contributed by atoms with Crippen molar-refractivity contribution in [1.82, 2.24) is 0 Å². The van der Waals surface area contributed by atoms with Crippen molar-refractivity contribution in [2.45, 2.75) is 4.90 Å². The van der Waals surface area contributed by atoms with Gasteiger partial charge in [0.2, 0.25) is 0 Å². The van der Waals surface area contributed by atoms with Crippen LogP contribution < -0.4 is 0 Å². The summed E-state index contributed by atoms with van der Waals surface area (Å²) >= 11 is 0. The smallest absolute Gasteiger partial charge is 0.339 e. The Morgan fingerprint density at radius 2 is 2.00 bits per heavy atom. The van der Waals surface area contributed by atoms with Gasteiger partial charge in [-0.05, 0) is 12.1 Å². The molecule has 0 aliphatic rings. The first-order valence-electron chi connectivity index (χ1n) is 3.59. The quantitative estimate of drug-likeness (QED) is 0.532. The summed E-state index contributed by atoms with van der Waals surface area (Å²) in [4.78, 5) is 9.95. The number of hydrogen-bond donors (Lipinski definition) is 3. The van der Waals surface area contributed by atoms with Crippen molar-refractivity contribution >= 4 is 21.8 Å². The second kappa shape index (κ2) is 3.75. The molecule has 0 aliphatic carbocycles. The molecule has 7 nitrogen and oxygen atoms in total. The zero-order valence-corrected chi connectivity index (χ0v) is 8.02. The zero-order chi connectivity index (χ0) is 11.6. The van der Waals surface area contributed by atoms with E-state index in [1.165, 1.54) is 6.07 Å². The van der Waals surface area contributed by atoms with Gasteiger partial charge in [-0.2, -0.15) is 13.5 Å². The van der Waals surface area contributed by atoms with Gasteiger partial charge in [-0.25, -0.2) is 10.3 Å². The molecule has 0 aliphatic heterocycles. The van der Waals surface area contributed by atoms with Crippen LogP contribution in [0.2, 0.25) is 0 Å². The monoisotopic (exact) mass is 230 g/mol. The lowest BCUT2D eigenvalue weighted by atomic mass is 10.2. The van der Waals surface area contributed by atoms with Gasteiger partial charge >= 0.3 is 5.97 Å². The summed E-state index contributed by atoms with van der Waals surface area (Å²) in [5.41, 5.74) is 5.62. The minimum Gasteiger partial charge on any atom is -0.478 e. The average Bonchev–Trinajstić information content (AvgIpc) is 2.15. The van der Waals surface area contributed by atoms with Gasteiger partial charge in [-0.3, -0.25) is 4.55 Å². The maximum absolute atomic E-state index is 10.8. The molecule has 1 rings (SSSR count). The Morgan fingerprint density at radius 1 is 1.40 bits per heavy atom. The Bertz CT molecular complexity index is 522. The molecular formula is C7H6N2O5S. The Morgan fingerprint density at radius 3 is 2.40 bits per heavy atom. The minimum absolute atomic E-state index is 0.336. The number of rotatable bonds is 3. The number of hydrogen-bond acceptors (Lipinski definition) is 5. The number of nitrogens with zero attached hydrogens (tertiary/aromatic N) is 1. The number of benzene rings is 1. The fourth-order valence-electron chi connectivity index (χ4n) is 1.04. The summed E-state index contributed by atoms with van der Waals surface area (Å²) in [6.45, 7) is 0. The molecule has 15 heavy (non-hydrogen) atoms. The zero-order valence-electron chi connectivity index (χ0n) is 7.21. The summed E-state index contributed by atoms with van der Waals surface area (Å²) in [6, 6.07) is 3.27. The van der Waals surface area contributed by atoms with E-state index < -0.39 is 26.5 Å². The van der Waals surface area contributed by atoms with E-state index in [1.807, 2.05) is 0 Å². The van der Waals surface area contributed by atoms with Crippen molar-refractivity contribution in [3.8, 4) is 0 Å². The van der Waals surface area contributed by atoms with E-state index in [9.17, 15) is 13.2 Å². The van der Waals surface area contributed by atoms with Gasteiger partial charge in [0.15, 0.2) is 0 Å².